The summed E-state index contributed by atoms with van der Waals surface area (Å²) in [6, 6.07) is 7.59. The van der Waals surface area contributed by atoms with Crippen LogP contribution in [0.5, 0.6) is 5.75 Å². The summed E-state index contributed by atoms with van der Waals surface area (Å²) in [5, 5.41) is 16.1. The van der Waals surface area contributed by atoms with Gasteiger partial charge < -0.3 is 10.5 Å². The van der Waals surface area contributed by atoms with Crippen LogP contribution in [0.15, 0.2) is 44.7 Å². The van der Waals surface area contributed by atoms with Gasteiger partial charge in [-0.2, -0.15) is 9.78 Å². The SMILES string of the molecule is CCCc1nc2ccc(Br)cc2c(=O)n1N=Cc1cc(Cl)cc([N+](=O)[O-])c1OCC(N)=O. The van der Waals surface area contributed by atoms with Gasteiger partial charge in [0.05, 0.1) is 22.0 Å². The summed E-state index contributed by atoms with van der Waals surface area (Å²) in [6.07, 6.45) is 2.38. The number of rotatable bonds is 8. The van der Waals surface area contributed by atoms with Crippen molar-refractivity contribution in [2.24, 2.45) is 10.8 Å². The van der Waals surface area contributed by atoms with Gasteiger partial charge in [-0.25, -0.2) is 4.98 Å². The minimum atomic E-state index is -0.817. The monoisotopic (exact) mass is 521 g/mol. The van der Waals surface area contributed by atoms with E-state index in [1.54, 1.807) is 18.2 Å². The van der Waals surface area contributed by atoms with Crippen molar-refractivity contribution in [1.82, 2.24) is 9.66 Å². The van der Waals surface area contributed by atoms with E-state index < -0.39 is 28.7 Å². The summed E-state index contributed by atoms with van der Waals surface area (Å²) < 4.78 is 7.08. The van der Waals surface area contributed by atoms with Crippen LogP contribution in [0.4, 0.5) is 5.69 Å². The van der Waals surface area contributed by atoms with Crippen molar-refractivity contribution in [1.29, 1.82) is 0 Å². The molecule has 3 aromatic rings. The first-order valence-corrected chi connectivity index (χ1v) is 10.5. The number of nitro groups is 1. The van der Waals surface area contributed by atoms with Gasteiger partial charge in [0.15, 0.2) is 6.61 Å². The quantitative estimate of drug-likeness (QED) is 0.273. The Labute approximate surface area is 194 Å². The second-order valence-corrected chi connectivity index (χ2v) is 8.01. The first kappa shape index (κ1) is 23.4. The Kier molecular flexibility index (Phi) is 7.21. The fraction of sp³-hybridized carbons (Fsp3) is 0.200. The number of amides is 1. The van der Waals surface area contributed by atoms with Crippen molar-refractivity contribution in [2.75, 3.05) is 6.61 Å². The van der Waals surface area contributed by atoms with Gasteiger partial charge in [-0.15, -0.1) is 0 Å². The standard InChI is InChI=1S/C20H17BrClN5O5/c1-2-3-18-25-15-5-4-12(21)7-14(15)20(29)26(18)24-9-11-6-13(22)8-16(27(30)31)19(11)32-10-17(23)28/h4-9H,2-3,10H2,1H3,(H2,23,28). The number of carbonyl (C=O) groups is 1. The van der Waals surface area contributed by atoms with Crippen LogP contribution in [0.25, 0.3) is 10.9 Å². The Balaban J connectivity index is 2.19. The molecule has 2 aromatic carbocycles. The summed E-state index contributed by atoms with van der Waals surface area (Å²) in [4.78, 5) is 39.5. The zero-order valence-corrected chi connectivity index (χ0v) is 19.1. The van der Waals surface area contributed by atoms with Crippen LogP contribution in [-0.2, 0) is 11.2 Å². The summed E-state index contributed by atoms with van der Waals surface area (Å²) in [6.45, 7) is 1.35. The molecule has 0 aliphatic heterocycles. The van der Waals surface area contributed by atoms with Crippen molar-refractivity contribution in [2.45, 2.75) is 19.8 Å². The lowest BCUT2D eigenvalue weighted by Gasteiger charge is -2.10. The molecule has 3 rings (SSSR count). The molecule has 2 N–H and O–H groups in total. The number of hydrogen-bond acceptors (Lipinski definition) is 7. The molecule has 0 spiro atoms. The van der Waals surface area contributed by atoms with Gasteiger partial charge in [0.2, 0.25) is 5.75 Å². The molecule has 0 radical (unpaired) electrons. The maximum atomic E-state index is 13.1. The first-order valence-electron chi connectivity index (χ1n) is 9.35. The Bertz CT molecular complexity index is 1310. The van der Waals surface area contributed by atoms with Gasteiger partial charge in [-0.1, -0.05) is 34.5 Å². The number of halogens is 2. The Morgan fingerprint density at radius 1 is 1.41 bits per heavy atom. The molecule has 1 amide bonds. The summed E-state index contributed by atoms with van der Waals surface area (Å²) in [7, 11) is 0. The number of nitro benzene ring substituents is 1. The molecule has 0 aliphatic carbocycles. The van der Waals surface area contributed by atoms with Gasteiger partial charge in [0.1, 0.15) is 5.82 Å². The molecule has 32 heavy (non-hydrogen) atoms. The maximum absolute atomic E-state index is 13.1. The number of primary amides is 1. The van der Waals surface area contributed by atoms with Crippen LogP contribution < -0.4 is 16.0 Å². The number of aryl methyl sites for hydroxylation is 1. The van der Waals surface area contributed by atoms with Crippen molar-refractivity contribution < 1.29 is 14.5 Å². The van der Waals surface area contributed by atoms with E-state index in [0.29, 0.717) is 34.0 Å². The molecule has 12 heteroatoms. The minimum Gasteiger partial charge on any atom is -0.476 e. The number of ether oxygens (including phenoxy) is 1. The highest BCUT2D eigenvalue weighted by Gasteiger charge is 2.21. The summed E-state index contributed by atoms with van der Waals surface area (Å²) in [5.74, 6) is -0.647. The molecular formula is C20H17BrClN5O5. The Hall–Kier alpha value is -3.31. The van der Waals surface area contributed by atoms with Crippen LogP contribution >= 0.6 is 27.5 Å². The molecule has 0 atom stereocenters. The zero-order valence-electron chi connectivity index (χ0n) is 16.7. The molecular weight excluding hydrogens is 506 g/mol. The summed E-state index contributed by atoms with van der Waals surface area (Å²) >= 11 is 9.36. The van der Waals surface area contributed by atoms with Crippen LogP contribution in [0, 0.1) is 10.1 Å². The molecule has 0 unspecified atom stereocenters. The van der Waals surface area contributed by atoms with E-state index in [2.05, 4.69) is 26.0 Å². The largest absolute Gasteiger partial charge is 0.476 e. The summed E-state index contributed by atoms with van der Waals surface area (Å²) in [5.41, 5.74) is 4.83. The number of benzene rings is 2. The number of aromatic nitrogens is 2. The lowest BCUT2D eigenvalue weighted by molar-refractivity contribution is -0.385. The van der Waals surface area contributed by atoms with Crippen LogP contribution in [0.2, 0.25) is 5.02 Å². The fourth-order valence-electron chi connectivity index (χ4n) is 2.95. The third-order valence-corrected chi connectivity index (χ3v) is 4.99. The van der Waals surface area contributed by atoms with Crippen molar-refractivity contribution in [3.63, 3.8) is 0 Å². The second-order valence-electron chi connectivity index (χ2n) is 6.66. The van der Waals surface area contributed by atoms with E-state index in [4.69, 9.17) is 22.1 Å². The Morgan fingerprint density at radius 3 is 2.81 bits per heavy atom. The van der Waals surface area contributed by atoms with Crippen LogP contribution in [0.1, 0.15) is 24.7 Å². The fourth-order valence-corrected chi connectivity index (χ4v) is 3.53. The lowest BCUT2D eigenvalue weighted by Crippen LogP contribution is -2.23. The van der Waals surface area contributed by atoms with Crippen molar-refractivity contribution in [3.8, 4) is 5.75 Å². The van der Waals surface area contributed by atoms with Gasteiger partial charge in [0.25, 0.3) is 11.5 Å². The minimum absolute atomic E-state index is 0.0475. The van der Waals surface area contributed by atoms with E-state index in [1.165, 1.54) is 12.3 Å². The van der Waals surface area contributed by atoms with Crippen LogP contribution in [-0.4, -0.2) is 33.3 Å². The van der Waals surface area contributed by atoms with Crippen molar-refractivity contribution >= 4 is 56.2 Å². The number of hydrogen-bond donors (Lipinski definition) is 1. The van der Waals surface area contributed by atoms with E-state index >= 15 is 0 Å². The molecule has 1 aromatic heterocycles. The molecule has 166 valence electrons. The average molecular weight is 523 g/mol. The molecule has 0 saturated carbocycles. The first-order chi connectivity index (χ1) is 15.2. The van der Waals surface area contributed by atoms with E-state index in [-0.39, 0.29) is 16.3 Å². The Morgan fingerprint density at radius 2 is 2.16 bits per heavy atom. The molecule has 0 fully saturated rings. The number of nitrogens with zero attached hydrogens (tertiary/aromatic N) is 4. The lowest BCUT2D eigenvalue weighted by atomic mass is 10.2. The smallest absolute Gasteiger partial charge is 0.313 e. The normalized spacial score (nSPS) is 11.2. The third kappa shape index (κ3) is 5.11. The molecule has 0 aliphatic rings. The predicted octanol–water partition coefficient (Wildman–Crippen LogP) is 3.42. The number of carbonyl (C=O) groups excluding carboxylic acids is 1. The zero-order chi connectivity index (χ0) is 23.4. The van der Waals surface area contributed by atoms with Gasteiger partial charge in [-0.05, 0) is 30.7 Å². The molecule has 10 nitrogen and oxygen atoms in total. The number of fused-ring (bicyclic) bond motifs is 1. The van der Waals surface area contributed by atoms with E-state index in [1.807, 2.05) is 6.92 Å². The maximum Gasteiger partial charge on any atom is 0.313 e. The topological polar surface area (TPSA) is 143 Å². The highest BCUT2D eigenvalue weighted by atomic mass is 79.9. The van der Waals surface area contributed by atoms with E-state index in [0.717, 1.165) is 10.7 Å². The number of nitrogens with two attached hydrogens (primary N) is 1. The molecule has 0 saturated heterocycles. The average Bonchev–Trinajstić information content (AvgIpc) is 2.73. The van der Waals surface area contributed by atoms with Gasteiger partial charge in [0, 0.05) is 27.5 Å². The second kappa shape index (κ2) is 9.88. The molecule has 0 bridgehead atoms. The molecule has 1 heterocycles. The highest BCUT2D eigenvalue weighted by molar-refractivity contribution is 9.10. The van der Waals surface area contributed by atoms with Crippen LogP contribution in [0.3, 0.4) is 0 Å². The van der Waals surface area contributed by atoms with E-state index in [9.17, 15) is 19.7 Å². The van der Waals surface area contributed by atoms with Gasteiger partial charge in [-0.3, -0.25) is 19.7 Å². The highest BCUT2D eigenvalue weighted by Crippen LogP contribution is 2.33. The van der Waals surface area contributed by atoms with Crippen molar-refractivity contribution in [3.05, 3.63) is 71.7 Å². The van der Waals surface area contributed by atoms with Gasteiger partial charge >= 0.3 is 5.69 Å². The third-order valence-electron chi connectivity index (χ3n) is 4.28. The predicted molar refractivity (Wildman–Crippen MR) is 123 cm³/mol.